The minimum atomic E-state index is -0.438. The Kier molecular flexibility index (Phi) is 6.28. The van der Waals surface area contributed by atoms with Crippen LogP contribution in [0.4, 0.5) is 0 Å². The van der Waals surface area contributed by atoms with Crippen LogP contribution in [0.5, 0.6) is 0 Å². The van der Waals surface area contributed by atoms with Gasteiger partial charge < -0.3 is 0 Å². The number of carbonyl (C=O) groups excluding carboxylic acids is 1. The summed E-state index contributed by atoms with van der Waals surface area (Å²) < 4.78 is 0. The summed E-state index contributed by atoms with van der Waals surface area (Å²) in [6.45, 7) is 10.2. The molecule has 0 aliphatic carbocycles. The van der Waals surface area contributed by atoms with Crippen molar-refractivity contribution in [3.8, 4) is 0 Å². The lowest BCUT2D eigenvalue weighted by molar-refractivity contribution is 0.0654. The topological polar surface area (TPSA) is 20.3 Å². The summed E-state index contributed by atoms with van der Waals surface area (Å²) in [6, 6.07) is 8.13. The van der Waals surface area contributed by atoms with Crippen molar-refractivity contribution in [2.75, 3.05) is 25.6 Å². The molecular weight excluding hydrogens is 266 g/mol. The number of ketones is 1. The van der Waals surface area contributed by atoms with Gasteiger partial charge in [-0.1, -0.05) is 13.8 Å². The van der Waals surface area contributed by atoms with Gasteiger partial charge in [0.15, 0.2) is 10.7 Å². The third kappa shape index (κ3) is 3.86. The molecule has 1 aromatic rings. The Morgan fingerprint density at radius 3 is 2.10 bits per heavy atom. The van der Waals surface area contributed by atoms with Gasteiger partial charge in [0.2, 0.25) is 0 Å². The minimum absolute atomic E-state index is 0.214. The van der Waals surface area contributed by atoms with E-state index in [2.05, 4.69) is 43.4 Å². The van der Waals surface area contributed by atoms with Crippen LogP contribution in [0, 0.1) is 0 Å². The molecule has 1 rings (SSSR count). The Hall–Kier alpha value is -0.800. The van der Waals surface area contributed by atoms with Gasteiger partial charge >= 0.3 is 0 Å². The molecule has 0 saturated carbocycles. The van der Waals surface area contributed by atoms with Gasteiger partial charge in [0, 0.05) is 16.5 Å². The highest BCUT2D eigenvalue weighted by Crippen LogP contribution is 2.22. The molecule has 0 aliphatic heterocycles. The molecular formula is C17H28NOS+. The number of Topliss-reactive ketones (excluding diaryl/α,β-unsaturated/α-hetero) is 1. The average Bonchev–Trinajstić information content (AvgIpc) is 2.43. The summed E-state index contributed by atoms with van der Waals surface area (Å²) in [5.74, 6) is 0.214. The Morgan fingerprint density at radius 1 is 1.15 bits per heavy atom. The van der Waals surface area contributed by atoms with Crippen LogP contribution < -0.4 is 0 Å². The second-order valence-corrected chi connectivity index (χ2v) is 7.91. The molecule has 0 radical (unpaired) electrons. The van der Waals surface area contributed by atoms with Gasteiger partial charge in [-0.25, -0.2) is 0 Å². The van der Waals surface area contributed by atoms with Gasteiger partial charge in [-0.05, 0) is 57.6 Å². The van der Waals surface area contributed by atoms with Crippen LogP contribution in [-0.4, -0.2) is 41.8 Å². The summed E-state index contributed by atoms with van der Waals surface area (Å²) in [6.07, 6.45) is 5.46. The number of nitrogens with zero attached hydrogens (tertiary/aromatic N) is 1. The van der Waals surface area contributed by atoms with E-state index >= 15 is 0 Å². The van der Waals surface area contributed by atoms with Crippen LogP contribution >= 0.6 is 0 Å². The van der Waals surface area contributed by atoms with Gasteiger partial charge in [0.05, 0.1) is 5.54 Å². The lowest BCUT2D eigenvalue weighted by Gasteiger charge is -2.36. The zero-order valence-corrected chi connectivity index (χ0v) is 14.5. The molecule has 0 aliphatic rings. The molecule has 2 nitrogen and oxygen atoms in total. The molecule has 3 heteroatoms. The fourth-order valence-corrected chi connectivity index (χ4v) is 3.16. The first-order valence-electron chi connectivity index (χ1n) is 7.32. The van der Waals surface area contributed by atoms with E-state index in [1.54, 1.807) is 0 Å². The van der Waals surface area contributed by atoms with Gasteiger partial charge in [0.25, 0.3) is 0 Å². The monoisotopic (exact) mass is 294 g/mol. The Labute approximate surface area is 126 Å². The fourth-order valence-electron chi connectivity index (χ4n) is 2.48. The van der Waals surface area contributed by atoms with Crippen LogP contribution in [0.3, 0.4) is 0 Å². The van der Waals surface area contributed by atoms with Crippen LogP contribution in [0.25, 0.3) is 0 Å². The standard InChI is InChI=1S/C17H28NOS/c1-7-13-18(8-2)17(3,4)16(19)14-9-11-15(12-10-14)20(5)6/h9-12H,7-8,13H2,1-6H3/q+1. The highest BCUT2D eigenvalue weighted by Gasteiger charge is 2.33. The molecule has 0 atom stereocenters. The van der Waals surface area contributed by atoms with Gasteiger partial charge in [-0.3, -0.25) is 9.69 Å². The highest BCUT2D eigenvalue weighted by atomic mass is 32.2. The molecule has 0 bridgehead atoms. The summed E-state index contributed by atoms with van der Waals surface area (Å²) in [5.41, 5.74) is 0.380. The second kappa shape index (κ2) is 7.28. The zero-order valence-electron chi connectivity index (χ0n) is 13.7. The SMILES string of the molecule is CCCN(CC)C(C)(C)C(=O)c1ccc([S+](C)C)cc1. The third-order valence-electron chi connectivity index (χ3n) is 3.81. The average molecular weight is 294 g/mol. The predicted octanol–water partition coefficient (Wildman–Crippen LogP) is 3.62. The van der Waals surface area contributed by atoms with Crippen molar-refractivity contribution in [3.63, 3.8) is 0 Å². The first-order valence-corrected chi connectivity index (χ1v) is 9.36. The Bertz CT molecular complexity index is 437. The molecule has 0 aromatic heterocycles. The van der Waals surface area contributed by atoms with Crippen molar-refractivity contribution in [2.45, 2.75) is 44.6 Å². The van der Waals surface area contributed by atoms with Crippen molar-refractivity contribution in [3.05, 3.63) is 29.8 Å². The van der Waals surface area contributed by atoms with Crippen LogP contribution in [0.2, 0.25) is 0 Å². The minimum Gasteiger partial charge on any atom is -0.292 e. The van der Waals surface area contributed by atoms with E-state index in [0.717, 1.165) is 25.1 Å². The fraction of sp³-hybridized carbons (Fsp3) is 0.588. The molecule has 1 aromatic carbocycles. The van der Waals surface area contributed by atoms with Crippen molar-refractivity contribution in [2.24, 2.45) is 0 Å². The van der Waals surface area contributed by atoms with Crippen molar-refractivity contribution in [1.29, 1.82) is 0 Å². The molecule has 20 heavy (non-hydrogen) atoms. The van der Waals surface area contributed by atoms with Crippen LogP contribution in [0.15, 0.2) is 29.2 Å². The zero-order chi connectivity index (χ0) is 15.3. The van der Waals surface area contributed by atoms with E-state index in [1.165, 1.54) is 4.90 Å². The van der Waals surface area contributed by atoms with Crippen molar-refractivity contribution >= 4 is 16.7 Å². The molecule has 0 amide bonds. The molecule has 112 valence electrons. The first kappa shape index (κ1) is 17.3. The van der Waals surface area contributed by atoms with E-state index < -0.39 is 5.54 Å². The Balaban J connectivity index is 2.97. The first-order chi connectivity index (χ1) is 9.34. The molecule has 0 fully saturated rings. The normalized spacial score (nSPS) is 12.2. The van der Waals surface area contributed by atoms with Crippen molar-refractivity contribution < 1.29 is 4.79 Å². The number of carbonyl (C=O) groups is 1. The second-order valence-electron chi connectivity index (χ2n) is 5.81. The van der Waals surface area contributed by atoms with E-state index in [0.29, 0.717) is 0 Å². The van der Waals surface area contributed by atoms with Crippen LogP contribution in [-0.2, 0) is 10.9 Å². The maximum absolute atomic E-state index is 12.8. The van der Waals surface area contributed by atoms with Gasteiger partial charge in [-0.2, -0.15) is 0 Å². The van der Waals surface area contributed by atoms with E-state index in [4.69, 9.17) is 0 Å². The summed E-state index contributed by atoms with van der Waals surface area (Å²) >= 11 is 0. The molecule has 0 N–H and O–H groups in total. The lowest BCUT2D eigenvalue weighted by atomic mass is 9.91. The number of likely N-dealkylation sites (N-methyl/N-ethyl adjacent to an activating group) is 1. The number of hydrogen-bond acceptors (Lipinski definition) is 2. The summed E-state index contributed by atoms with van der Waals surface area (Å²) in [5, 5.41) is 0. The number of rotatable bonds is 7. The quantitative estimate of drug-likeness (QED) is 0.565. The van der Waals surface area contributed by atoms with Crippen molar-refractivity contribution in [1.82, 2.24) is 4.90 Å². The van der Waals surface area contributed by atoms with Crippen LogP contribution in [0.1, 0.15) is 44.5 Å². The molecule has 0 unspecified atom stereocenters. The number of benzene rings is 1. The summed E-state index contributed by atoms with van der Waals surface area (Å²) in [7, 11) is 0.243. The van der Waals surface area contributed by atoms with E-state index in [-0.39, 0.29) is 16.7 Å². The third-order valence-corrected chi connectivity index (χ3v) is 5.02. The van der Waals surface area contributed by atoms with Gasteiger partial charge in [-0.15, -0.1) is 0 Å². The predicted molar refractivity (Wildman–Crippen MR) is 89.9 cm³/mol. The van der Waals surface area contributed by atoms with Gasteiger partial charge in [0.1, 0.15) is 12.5 Å². The number of hydrogen-bond donors (Lipinski definition) is 0. The lowest BCUT2D eigenvalue weighted by Crippen LogP contribution is -2.50. The largest absolute Gasteiger partial charge is 0.292 e. The molecule has 0 spiro atoms. The molecule has 0 heterocycles. The van der Waals surface area contributed by atoms with E-state index in [1.807, 2.05) is 26.0 Å². The maximum atomic E-state index is 12.8. The smallest absolute Gasteiger partial charge is 0.182 e. The Morgan fingerprint density at radius 2 is 1.70 bits per heavy atom. The highest BCUT2D eigenvalue weighted by molar-refractivity contribution is 7.95. The maximum Gasteiger partial charge on any atom is 0.182 e. The van der Waals surface area contributed by atoms with E-state index in [9.17, 15) is 4.79 Å². The molecule has 0 saturated heterocycles. The summed E-state index contributed by atoms with van der Waals surface area (Å²) in [4.78, 5) is 16.3.